The van der Waals surface area contributed by atoms with Crippen LogP contribution in [0.25, 0.3) is 11.1 Å². The van der Waals surface area contributed by atoms with Crippen LogP contribution in [0.5, 0.6) is 5.75 Å². The van der Waals surface area contributed by atoms with E-state index in [-0.39, 0.29) is 49.5 Å². The largest absolute Gasteiger partial charge is 0.697 e. The number of benzene rings is 2. The Morgan fingerprint density at radius 2 is 1.89 bits per heavy atom. The molecule has 0 bridgehead atoms. The van der Waals surface area contributed by atoms with Gasteiger partial charge in [-0.3, -0.25) is 9.48 Å². The van der Waals surface area contributed by atoms with Crippen LogP contribution < -0.4 is 15.4 Å². The smallest absolute Gasteiger partial charge is 0.495 e. The van der Waals surface area contributed by atoms with Gasteiger partial charge in [0.1, 0.15) is 30.3 Å². The molecule has 0 aliphatic carbocycles. The third-order valence-corrected chi connectivity index (χ3v) is 8.00. The number of anilines is 4. The van der Waals surface area contributed by atoms with Crippen LogP contribution in [0, 0.1) is 0 Å². The first-order valence-corrected chi connectivity index (χ1v) is 15.5. The topological polar surface area (TPSA) is 153 Å². The molecule has 1 atom stereocenters. The summed E-state index contributed by atoms with van der Waals surface area (Å²) in [7, 11) is 0.730. The van der Waals surface area contributed by atoms with Crippen LogP contribution in [0.3, 0.4) is 0 Å². The van der Waals surface area contributed by atoms with Gasteiger partial charge in [-0.25, -0.2) is 4.98 Å². The van der Waals surface area contributed by atoms with Gasteiger partial charge in [-0.05, 0) is 48.2 Å². The second-order valence-corrected chi connectivity index (χ2v) is 11.4. The molecule has 0 saturated heterocycles. The Balaban J connectivity index is 1.46. The third kappa shape index (κ3) is 7.68. The number of carbonyl (C=O) groups is 1. The summed E-state index contributed by atoms with van der Waals surface area (Å²) >= 11 is 0. The van der Waals surface area contributed by atoms with E-state index in [1.807, 2.05) is 0 Å². The van der Waals surface area contributed by atoms with Crippen LogP contribution >= 0.6 is 8.25 Å². The van der Waals surface area contributed by atoms with Crippen LogP contribution in [0.2, 0.25) is 0 Å². The molecule has 248 valence electrons. The Kier molecular flexibility index (Phi) is 10.3. The fourth-order valence-corrected chi connectivity index (χ4v) is 5.52. The van der Waals surface area contributed by atoms with Gasteiger partial charge in [-0.1, -0.05) is 12.1 Å². The lowest BCUT2D eigenvalue weighted by molar-refractivity contribution is -0.137. The van der Waals surface area contributed by atoms with Gasteiger partial charge in [-0.2, -0.15) is 23.3 Å². The van der Waals surface area contributed by atoms with Crippen molar-refractivity contribution in [2.75, 3.05) is 38.0 Å². The minimum atomic E-state index is -4.81. The maximum absolute atomic E-state index is 14.1. The summed E-state index contributed by atoms with van der Waals surface area (Å²) in [6, 6.07) is 8.09. The van der Waals surface area contributed by atoms with Crippen molar-refractivity contribution < 1.29 is 41.4 Å². The predicted molar refractivity (Wildman–Crippen MR) is 166 cm³/mol. The molecule has 1 unspecified atom stereocenters. The first kappa shape index (κ1) is 33.7. The highest BCUT2D eigenvalue weighted by molar-refractivity contribution is 7.33. The number of ether oxygens (including phenoxy) is 1. The highest BCUT2D eigenvalue weighted by Crippen LogP contribution is 2.40. The van der Waals surface area contributed by atoms with Gasteiger partial charge in [0.25, 0.3) is 5.91 Å². The first-order chi connectivity index (χ1) is 22.5. The van der Waals surface area contributed by atoms with Crippen molar-refractivity contribution in [2.24, 2.45) is 0 Å². The first-order valence-electron chi connectivity index (χ1n) is 14.5. The number of nitrogens with one attached hydrogen (secondary N) is 2. The number of aryl methyl sites for hydroxylation is 1. The quantitative estimate of drug-likeness (QED) is 0.134. The van der Waals surface area contributed by atoms with Crippen molar-refractivity contribution in [3.8, 4) is 16.9 Å². The average molecular weight is 675 g/mol. The number of aromatic nitrogens is 4. The summed E-state index contributed by atoms with van der Waals surface area (Å²) in [6.45, 7) is 2.64. The number of hydrogen-bond donors (Lipinski definition) is 3. The highest BCUT2D eigenvalue weighted by Gasteiger charge is 2.37. The van der Waals surface area contributed by atoms with Crippen molar-refractivity contribution in [1.29, 1.82) is 0 Å². The predicted octanol–water partition coefficient (Wildman–Crippen LogP) is 6.03. The fourth-order valence-electron chi connectivity index (χ4n) is 4.98. The monoisotopic (exact) mass is 674 g/mol. The van der Waals surface area contributed by atoms with E-state index >= 15 is 0 Å². The molecule has 0 radical (unpaired) electrons. The standard InChI is InChI=1S/C30H31F3N7O6P/c1-4-45-47(43)46-17-18-6-8-23(25(12-18)44-3)37-29-34-14-22(30(31,32)33)27(38-29)36-24-9-7-20(21-16-39(2)28(42)26(21)24)19-13-35-40(15-19)10-5-11-41/h6-9,12-15,41H,4-5,10-11,16-17H2,1-3H3,(H-,34,36,37,38,42)/p+1. The fraction of sp³-hybridized carbons (Fsp3) is 0.333. The average Bonchev–Trinajstić information content (AvgIpc) is 3.63. The Morgan fingerprint density at radius 1 is 1.11 bits per heavy atom. The zero-order valence-electron chi connectivity index (χ0n) is 25.7. The Morgan fingerprint density at radius 3 is 2.62 bits per heavy atom. The zero-order chi connectivity index (χ0) is 33.7. The SMILES string of the molecule is CCO[P+](=O)OCc1ccc(Nc2ncc(C(F)(F)F)c(Nc3ccc(-c4cnn(CCCO)c4)c4c3C(=O)N(C)C4)n2)c(OC)c1. The molecule has 1 aliphatic heterocycles. The van der Waals surface area contributed by atoms with Crippen LogP contribution in [0.4, 0.5) is 36.3 Å². The number of fused-ring (bicyclic) bond motifs is 1. The molecule has 3 N–H and O–H groups in total. The maximum atomic E-state index is 14.1. The summed E-state index contributed by atoms with van der Waals surface area (Å²) < 4.78 is 71.3. The number of alkyl halides is 3. The molecular weight excluding hydrogens is 642 g/mol. The Labute approximate surface area is 268 Å². The van der Waals surface area contributed by atoms with Crippen LogP contribution in [0.1, 0.15) is 40.4 Å². The van der Waals surface area contributed by atoms with Crippen LogP contribution in [-0.2, 0) is 39.5 Å². The van der Waals surface area contributed by atoms with Gasteiger partial charge >= 0.3 is 14.4 Å². The van der Waals surface area contributed by atoms with Crippen molar-refractivity contribution in [3.63, 3.8) is 0 Å². The summed E-state index contributed by atoms with van der Waals surface area (Å²) in [6.07, 6.45) is -0.202. The van der Waals surface area contributed by atoms with E-state index in [1.165, 1.54) is 18.1 Å². The lowest BCUT2D eigenvalue weighted by Crippen LogP contribution is -2.18. The van der Waals surface area contributed by atoms with E-state index < -0.39 is 25.8 Å². The number of aliphatic hydroxyl groups is 1. The molecule has 2 aromatic carbocycles. The van der Waals surface area contributed by atoms with Crippen molar-refractivity contribution in [1.82, 2.24) is 24.6 Å². The number of hydrogen-bond acceptors (Lipinski definition) is 11. The second-order valence-electron chi connectivity index (χ2n) is 10.4. The molecule has 17 heteroatoms. The lowest BCUT2D eigenvalue weighted by atomic mass is 9.97. The summed E-state index contributed by atoms with van der Waals surface area (Å²) in [5.41, 5.74) is 2.26. The minimum Gasteiger partial charge on any atom is -0.495 e. The van der Waals surface area contributed by atoms with Gasteiger partial charge in [0.05, 0.1) is 30.2 Å². The zero-order valence-corrected chi connectivity index (χ0v) is 26.6. The molecule has 4 aromatic rings. The molecule has 3 heterocycles. The van der Waals surface area contributed by atoms with E-state index in [1.54, 1.807) is 55.3 Å². The number of methoxy groups -OCH3 is 1. The highest BCUT2D eigenvalue weighted by atomic mass is 31.1. The van der Waals surface area contributed by atoms with E-state index in [9.17, 15) is 22.5 Å². The van der Waals surface area contributed by atoms with Crippen LogP contribution in [0.15, 0.2) is 48.9 Å². The van der Waals surface area contributed by atoms with E-state index in [2.05, 4.69) is 25.7 Å². The number of carbonyl (C=O) groups excluding carboxylic acids is 1. The molecule has 0 spiro atoms. The van der Waals surface area contributed by atoms with Crippen molar-refractivity contribution in [2.45, 2.75) is 39.2 Å². The number of aliphatic hydroxyl groups excluding tert-OH is 1. The number of rotatable bonds is 14. The minimum absolute atomic E-state index is 0.0134. The Hall–Kier alpha value is -4.63. The molecule has 13 nitrogen and oxygen atoms in total. The second kappa shape index (κ2) is 14.4. The molecule has 1 amide bonds. The molecular formula is C30H32F3N7O6P+. The number of halogens is 3. The van der Waals surface area contributed by atoms with E-state index in [0.717, 1.165) is 5.56 Å². The van der Waals surface area contributed by atoms with Crippen molar-refractivity contribution >= 4 is 37.3 Å². The van der Waals surface area contributed by atoms with Crippen molar-refractivity contribution in [3.05, 3.63) is 71.2 Å². The normalized spacial score (nSPS) is 13.1. The van der Waals surface area contributed by atoms with Gasteiger partial charge < -0.3 is 25.4 Å². The van der Waals surface area contributed by atoms with Gasteiger partial charge in [0, 0.05) is 49.3 Å². The van der Waals surface area contributed by atoms with Gasteiger partial charge in [0.2, 0.25) is 5.95 Å². The van der Waals surface area contributed by atoms with E-state index in [4.69, 9.17) is 18.9 Å². The molecule has 0 saturated carbocycles. The third-order valence-electron chi connectivity index (χ3n) is 7.19. The van der Waals surface area contributed by atoms with Crippen LogP contribution in [-0.4, -0.2) is 63.0 Å². The summed E-state index contributed by atoms with van der Waals surface area (Å²) in [5.74, 6) is -0.794. The summed E-state index contributed by atoms with van der Waals surface area (Å²) in [4.78, 5) is 22.8. The molecule has 2 aromatic heterocycles. The van der Waals surface area contributed by atoms with Gasteiger partial charge in [-0.15, -0.1) is 9.05 Å². The van der Waals surface area contributed by atoms with E-state index in [0.29, 0.717) is 47.3 Å². The molecule has 1 aliphatic rings. The maximum Gasteiger partial charge on any atom is 0.697 e. The number of amides is 1. The molecule has 47 heavy (non-hydrogen) atoms. The Bertz CT molecular complexity index is 1790. The number of nitrogens with zero attached hydrogens (tertiary/aromatic N) is 5. The lowest BCUT2D eigenvalue weighted by Gasteiger charge is -2.17. The summed E-state index contributed by atoms with van der Waals surface area (Å²) in [5, 5.41) is 19.1. The van der Waals surface area contributed by atoms with Gasteiger partial charge in [0.15, 0.2) is 0 Å². The molecule has 5 rings (SSSR count). The molecule has 0 fully saturated rings.